The minimum Gasteiger partial charge on any atom is -0.147 e. The van der Waals surface area contributed by atoms with Crippen LogP contribution in [0.25, 0.3) is 0 Å². The van der Waals surface area contributed by atoms with Gasteiger partial charge in [0.05, 0.1) is 5.92 Å². The Labute approximate surface area is 134 Å². The first-order valence-electron chi connectivity index (χ1n) is 6.68. The first-order chi connectivity index (χ1) is 10.3. The largest absolute Gasteiger partial charge is 0.147 e. The van der Waals surface area contributed by atoms with Gasteiger partial charge < -0.3 is 0 Å². The molecule has 1 aromatic heterocycles. The van der Waals surface area contributed by atoms with Crippen LogP contribution in [0.4, 0.5) is 0 Å². The Morgan fingerprint density at radius 2 is 1.62 bits per heavy atom. The molecule has 21 heavy (non-hydrogen) atoms. The van der Waals surface area contributed by atoms with Crippen LogP contribution in [0.2, 0.25) is 5.02 Å². The highest BCUT2D eigenvalue weighted by Gasteiger charge is 2.12. The van der Waals surface area contributed by atoms with Gasteiger partial charge in [0.1, 0.15) is 0 Å². The zero-order chi connectivity index (χ0) is 14.5. The lowest BCUT2D eigenvalue weighted by molar-refractivity contribution is 1.10. The van der Waals surface area contributed by atoms with Crippen LogP contribution in [-0.2, 0) is 0 Å². The molecule has 3 rings (SSSR count). The van der Waals surface area contributed by atoms with Crippen LogP contribution < -0.4 is 0 Å². The lowest BCUT2D eigenvalue weighted by Gasteiger charge is -2.09. The van der Waals surface area contributed by atoms with Gasteiger partial charge in [-0.25, -0.2) is 0 Å². The SMILES string of the molecule is Clc1ccc(C(C#Cc2ccccc2)c2cccs2)cc1. The van der Waals surface area contributed by atoms with E-state index in [1.54, 1.807) is 11.3 Å². The molecule has 0 saturated carbocycles. The van der Waals surface area contributed by atoms with Crippen molar-refractivity contribution in [3.63, 3.8) is 0 Å². The van der Waals surface area contributed by atoms with E-state index in [1.807, 2.05) is 54.6 Å². The van der Waals surface area contributed by atoms with Gasteiger partial charge in [0.25, 0.3) is 0 Å². The van der Waals surface area contributed by atoms with Gasteiger partial charge in [-0.3, -0.25) is 0 Å². The van der Waals surface area contributed by atoms with Crippen LogP contribution in [-0.4, -0.2) is 0 Å². The molecular formula is C19H13ClS. The van der Waals surface area contributed by atoms with Gasteiger partial charge in [-0.1, -0.05) is 59.8 Å². The molecule has 2 aromatic carbocycles. The van der Waals surface area contributed by atoms with Gasteiger partial charge >= 0.3 is 0 Å². The van der Waals surface area contributed by atoms with Crippen LogP contribution in [0.5, 0.6) is 0 Å². The van der Waals surface area contributed by atoms with Gasteiger partial charge in [-0.05, 0) is 41.3 Å². The average Bonchev–Trinajstić information content (AvgIpc) is 3.04. The number of benzene rings is 2. The van der Waals surface area contributed by atoms with E-state index in [9.17, 15) is 0 Å². The summed E-state index contributed by atoms with van der Waals surface area (Å²) in [5, 5.41) is 2.84. The highest BCUT2D eigenvalue weighted by molar-refractivity contribution is 7.10. The fraction of sp³-hybridized carbons (Fsp3) is 0.0526. The van der Waals surface area contributed by atoms with E-state index >= 15 is 0 Å². The second-order valence-corrected chi connectivity index (χ2v) is 6.05. The van der Waals surface area contributed by atoms with Crippen molar-refractivity contribution in [2.75, 3.05) is 0 Å². The molecule has 1 unspecified atom stereocenters. The Morgan fingerprint density at radius 1 is 0.857 bits per heavy atom. The Hall–Kier alpha value is -2.01. The fourth-order valence-electron chi connectivity index (χ4n) is 2.11. The van der Waals surface area contributed by atoms with Gasteiger partial charge in [0.2, 0.25) is 0 Å². The number of rotatable bonds is 2. The van der Waals surface area contributed by atoms with Gasteiger partial charge in [0, 0.05) is 15.5 Å². The van der Waals surface area contributed by atoms with E-state index in [1.165, 1.54) is 10.4 Å². The zero-order valence-corrected chi connectivity index (χ0v) is 12.9. The Morgan fingerprint density at radius 3 is 2.29 bits per heavy atom. The number of hydrogen-bond acceptors (Lipinski definition) is 1. The number of hydrogen-bond donors (Lipinski definition) is 0. The molecule has 1 heterocycles. The highest BCUT2D eigenvalue weighted by atomic mass is 35.5. The maximum absolute atomic E-state index is 5.98. The van der Waals surface area contributed by atoms with Crippen molar-refractivity contribution in [1.82, 2.24) is 0 Å². The van der Waals surface area contributed by atoms with Crippen molar-refractivity contribution in [1.29, 1.82) is 0 Å². The lowest BCUT2D eigenvalue weighted by atomic mass is 9.97. The predicted molar refractivity (Wildman–Crippen MR) is 90.9 cm³/mol. The molecule has 0 aliphatic heterocycles. The molecule has 1 atom stereocenters. The molecule has 2 heteroatoms. The van der Waals surface area contributed by atoms with Crippen molar-refractivity contribution in [3.05, 3.63) is 93.1 Å². The summed E-state index contributed by atoms with van der Waals surface area (Å²) >= 11 is 7.71. The first-order valence-corrected chi connectivity index (χ1v) is 7.94. The molecular weight excluding hydrogens is 296 g/mol. The second-order valence-electron chi connectivity index (χ2n) is 4.64. The molecule has 0 aliphatic rings. The fourth-order valence-corrected chi connectivity index (χ4v) is 3.03. The Bertz CT molecular complexity index is 747. The highest BCUT2D eigenvalue weighted by Crippen LogP contribution is 2.28. The maximum atomic E-state index is 5.98. The molecule has 0 amide bonds. The molecule has 0 bridgehead atoms. The number of halogens is 1. The minimum absolute atomic E-state index is 0.0856. The third-order valence-electron chi connectivity index (χ3n) is 3.17. The summed E-state index contributed by atoms with van der Waals surface area (Å²) < 4.78 is 0. The maximum Gasteiger partial charge on any atom is 0.0798 e. The first kappa shape index (κ1) is 13.9. The van der Waals surface area contributed by atoms with Crippen molar-refractivity contribution in [2.24, 2.45) is 0 Å². The topological polar surface area (TPSA) is 0 Å². The van der Waals surface area contributed by atoms with Crippen LogP contribution >= 0.6 is 22.9 Å². The third-order valence-corrected chi connectivity index (χ3v) is 4.35. The quantitative estimate of drug-likeness (QED) is 0.542. The summed E-state index contributed by atoms with van der Waals surface area (Å²) in [6, 6.07) is 22.2. The van der Waals surface area contributed by atoms with E-state index in [4.69, 9.17) is 11.6 Å². The smallest absolute Gasteiger partial charge is 0.0798 e. The second kappa shape index (κ2) is 6.63. The van der Waals surface area contributed by atoms with Crippen LogP contribution in [0.15, 0.2) is 72.1 Å². The summed E-state index contributed by atoms with van der Waals surface area (Å²) in [6.07, 6.45) is 0. The summed E-state index contributed by atoms with van der Waals surface area (Å²) in [6.45, 7) is 0. The van der Waals surface area contributed by atoms with E-state index in [2.05, 4.69) is 29.4 Å². The molecule has 0 aliphatic carbocycles. The molecule has 0 spiro atoms. The zero-order valence-electron chi connectivity index (χ0n) is 11.3. The predicted octanol–water partition coefficient (Wildman–Crippen LogP) is 5.59. The minimum atomic E-state index is 0.0856. The summed E-state index contributed by atoms with van der Waals surface area (Å²) in [4.78, 5) is 1.25. The van der Waals surface area contributed by atoms with Gasteiger partial charge in [0.15, 0.2) is 0 Å². The van der Waals surface area contributed by atoms with Crippen molar-refractivity contribution in [2.45, 2.75) is 5.92 Å². The molecule has 0 radical (unpaired) electrons. The van der Waals surface area contributed by atoms with Crippen molar-refractivity contribution in [3.8, 4) is 11.8 Å². The standard InChI is InChI=1S/C19H13ClS/c20-17-11-9-16(10-12-17)18(19-7-4-14-21-19)13-8-15-5-2-1-3-6-15/h1-7,9-12,14,18H. The molecule has 0 fully saturated rings. The van der Waals surface area contributed by atoms with E-state index in [-0.39, 0.29) is 5.92 Å². The molecule has 102 valence electrons. The number of thiophene rings is 1. The Balaban J connectivity index is 1.98. The van der Waals surface area contributed by atoms with Crippen molar-refractivity contribution < 1.29 is 0 Å². The van der Waals surface area contributed by atoms with E-state index in [0.717, 1.165) is 10.6 Å². The van der Waals surface area contributed by atoms with E-state index < -0.39 is 0 Å². The van der Waals surface area contributed by atoms with E-state index in [0.29, 0.717) is 0 Å². The van der Waals surface area contributed by atoms with Crippen LogP contribution in [0.3, 0.4) is 0 Å². The van der Waals surface area contributed by atoms with Gasteiger partial charge in [-0.2, -0.15) is 0 Å². The normalized spacial score (nSPS) is 11.5. The van der Waals surface area contributed by atoms with Crippen LogP contribution in [0, 0.1) is 11.8 Å². The van der Waals surface area contributed by atoms with Crippen molar-refractivity contribution >= 4 is 22.9 Å². The lowest BCUT2D eigenvalue weighted by Crippen LogP contribution is -1.95. The molecule has 0 N–H and O–H groups in total. The average molecular weight is 309 g/mol. The summed E-state index contributed by atoms with van der Waals surface area (Å²) in [5.41, 5.74) is 2.21. The monoisotopic (exact) mass is 308 g/mol. The molecule has 0 saturated heterocycles. The van der Waals surface area contributed by atoms with Crippen LogP contribution in [0.1, 0.15) is 21.9 Å². The summed E-state index contributed by atoms with van der Waals surface area (Å²) in [5.74, 6) is 6.75. The molecule has 3 aromatic rings. The summed E-state index contributed by atoms with van der Waals surface area (Å²) in [7, 11) is 0. The van der Waals surface area contributed by atoms with Gasteiger partial charge in [-0.15, -0.1) is 11.3 Å². The Kier molecular flexibility index (Phi) is 4.40. The third kappa shape index (κ3) is 3.55. The molecule has 0 nitrogen and oxygen atoms in total.